The highest BCUT2D eigenvalue weighted by molar-refractivity contribution is 9.10. The molecule has 10 heteroatoms. The average Bonchev–Trinajstić information content (AvgIpc) is 2.77. The summed E-state index contributed by atoms with van der Waals surface area (Å²) in [5.41, 5.74) is 3.88. The quantitative estimate of drug-likeness (QED) is 0.319. The maximum absolute atomic E-state index is 14.4. The molecule has 0 spiro atoms. The van der Waals surface area contributed by atoms with Gasteiger partial charge in [0.2, 0.25) is 10.0 Å². The van der Waals surface area contributed by atoms with Crippen LogP contribution in [-0.4, -0.2) is 31.4 Å². The minimum atomic E-state index is -4.14. The molecule has 172 valence electrons. The average molecular weight is 553 g/mol. The topological polar surface area (TPSA) is 78.8 Å². The minimum absolute atomic E-state index is 0.0231. The van der Waals surface area contributed by atoms with Crippen LogP contribution in [0.2, 0.25) is 5.02 Å². The van der Waals surface area contributed by atoms with Crippen molar-refractivity contribution in [2.45, 2.75) is 18.4 Å². The first kappa shape index (κ1) is 25.0. The van der Waals surface area contributed by atoms with Crippen LogP contribution in [0, 0.1) is 12.7 Å². The highest BCUT2D eigenvalue weighted by atomic mass is 79.9. The van der Waals surface area contributed by atoms with E-state index < -0.39 is 34.8 Å². The van der Waals surface area contributed by atoms with E-state index >= 15 is 0 Å². The summed E-state index contributed by atoms with van der Waals surface area (Å²) in [6.07, 6.45) is 1.43. The number of aryl methyl sites for hydroxylation is 1. The molecule has 0 aromatic heterocycles. The number of hydrogen-bond donors (Lipinski definition) is 1. The Kier molecular flexibility index (Phi) is 8.36. The summed E-state index contributed by atoms with van der Waals surface area (Å²) in [6, 6.07) is 17.5. The molecule has 0 fully saturated rings. The highest BCUT2D eigenvalue weighted by Gasteiger charge is 2.28. The molecular formula is C23H20BrClFN3O3S. The van der Waals surface area contributed by atoms with Crippen LogP contribution in [0.4, 0.5) is 4.39 Å². The number of sulfonamides is 1. The number of carbonyl (C=O) groups excluding carboxylic acids is 1. The molecule has 0 atom stereocenters. The van der Waals surface area contributed by atoms with E-state index in [1.165, 1.54) is 36.5 Å². The van der Waals surface area contributed by atoms with Crippen LogP contribution in [0.5, 0.6) is 0 Å². The number of benzene rings is 3. The minimum Gasteiger partial charge on any atom is -0.272 e. The third-order valence-electron chi connectivity index (χ3n) is 4.67. The SMILES string of the molecule is Cc1ccc(S(=O)(=O)N(CC(=O)N/N=C\c2ccccc2Br)Cc2c(F)cccc2Cl)cc1. The summed E-state index contributed by atoms with van der Waals surface area (Å²) in [6.45, 7) is 0.807. The Labute approximate surface area is 205 Å². The van der Waals surface area contributed by atoms with Gasteiger partial charge in [0.1, 0.15) is 5.82 Å². The monoisotopic (exact) mass is 551 g/mol. The van der Waals surface area contributed by atoms with E-state index in [1.54, 1.807) is 18.2 Å². The maximum Gasteiger partial charge on any atom is 0.255 e. The molecule has 0 unspecified atom stereocenters. The predicted octanol–water partition coefficient (Wildman–Crippen LogP) is 4.89. The van der Waals surface area contributed by atoms with Crippen molar-refractivity contribution in [1.29, 1.82) is 0 Å². The summed E-state index contributed by atoms with van der Waals surface area (Å²) in [4.78, 5) is 12.5. The molecule has 1 N–H and O–H groups in total. The Morgan fingerprint density at radius 1 is 1.12 bits per heavy atom. The Morgan fingerprint density at radius 3 is 2.48 bits per heavy atom. The second-order valence-corrected chi connectivity index (χ2v) is 10.3. The Bertz CT molecular complexity index is 1260. The van der Waals surface area contributed by atoms with Crippen molar-refractivity contribution in [3.05, 3.63) is 98.7 Å². The van der Waals surface area contributed by atoms with Gasteiger partial charge in [-0.05, 0) is 37.3 Å². The molecule has 0 aliphatic rings. The van der Waals surface area contributed by atoms with E-state index in [0.29, 0.717) is 0 Å². The first-order chi connectivity index (χ1) is 15.7. The first-order valence-electron chi connectivity index (χ1n) is 9.74. The fourth-order valence-electron chi connectivity index (χ4n) is 2.89. The number of hydrogen-bond acceptors (Lipinski definition) is 4. The number of amides is 1. The molecule has 0 bridgehead atoms. The van der Waals surface area contributed by atoms with Crippen LogP contribution in [0.25, 0.3) is 0 Å². The summed E-state index contributed by atoms with van der Waals surface area (Å²) in [5, 5.41) is 3.95. The number of carbonyl (C=O) groups is 1. The van der Waals surface area contributed by atoms with Crippen LogP contribution < -0.4 is 5.43 Å². The number of nitrogens with zero attached hydrogens (tertiary/aromatic N) is 2. The molecule has 0 heterocycles. The zero-order chi connectivity index (χ0) is 24.0. The third-order valence-corrected chi connectivity index (χ3v) is 7.56. The van der Waals surface area contributed by atoms with E-state index in [2.05, 4.69) is 26.5 Å². The summed E-state index contributed by atoms with van der Waals surface area (Å²) < 4.78 is 42.6. The molecule has 3 aromatic carbocycles. The van der Waals surface area contributed by atoms with Crippen LogP contribution in [0.1, 0.15) is 16.7 Å². The van der Waals surface area contributed by atoms with E-state index in [4.69, 9.17) is 11.6 Å². The van der Waals surface area contributed by atoms with Gasteiger partial charge in [0, 0.05) is 27.2 Å². The fraction of sp³-hybridized carbons (Fsp3) is 0.130. The molecule has 0 aliphatic heterocycles. The van der Waals surface area contributed by atoms with Gasteiger partial charge < -0.3 is 0 Å². The highest BCUT2D eigenvalue weighted by Crippen LogP contribution is 2.24. The zero-order valence-corrected chi connectivity index (χ0v) is 20.7. The van der Waals surface area contributed by atoms with Gasteiger partial charge in [-0.25, -0.2) is 18.2 Å². The summed E-state index contributed by atoms with van der Waals surface area (Å²) in [7, 11) is -4.14. The van der Waals surface area contributed by atoms with Gasteiger partial charge in [-0.15, -0.1) is 0 Å². The molecule has 1 amide bonds. The lowest BCUT2D eigenvalue weighted by molar-refractivity contribution is -0.121. The third kappa shape index (κ3) is 6.48. The van der Waals surface area contributed by atoms with Crippen molar-refractivity contribution < 1.29 is 17.6 Å². The van der Waals surface area contributed by atoms with Gasteiger partial charge in [0.15, 0.2) is 0 Å². The molecule has 3 aromatic rings. The number of halogens is 3. The number of rotatable bonds is 8. The van der Waals surface area contributed by atoms with E-state index in [1.807, 2.05) is 25.1 Å². The Balaban J connectivity index is 1.85. The second kappa shape index (κ2) is 11.0. The lowest BCUT2D eigenvalue weighted by Gasteiger charge is -2.22. The summed E-state index contributed by atoms with van der Waals surface area (Å²) >= 11 is 9.48. The Hall–Kier alpha value is -2.59. The van der Waals surface area contributed by atoms with Gasteiger partial charge in [-0.2, -0.15) is 9.41 Å². The molecule has 0 saturated carbocycles. The molecule has 0 aliphatic carbocycles. The van der Waals surface area contributed by atoms with Crippen molar-refractivity contribution in [1.82, 2.24) is 9.73 Å². The van der Waals surface area contributed by atoms with Gasteiger partial charge in [0.25, 0.3) is 5.91 Å². The molecule has 0 saturated heterocycles. The van der Waals surface area contributed by atoms with Crippen LogP contribution in [-0.2, 0) is 21.4 Å². The largest absolute Gasteiger partial charge is 0.272 e. The van der Waals surface area contributed by atoms with Crippen molar-refractivity contribution in [2.24, 2.45) is 5.10 Å². The molecule has 3 rings (SSSR count). The van der Waals surface area contributed by atoms with E-state index in [0.717, 1.165) is 19.9 Å². The van der Waals surface area contributed by atoms with Crippen LogP contribution in [0.3, 0.4) is 0 Å². The number of nitrogens with one attached hydrogen (secondary N) is 1. The lowest BCUT2D eigenvalue weighted by Crippen LogP contribution is -2.39. The van der Waals surface area contributed by atoms with Gasteiger partial charge in [-0.3, -0.25) is 4.79 Å². The Morgan fingerprint density at radius 2 is 1.82 bits per heavy atom. The van der Waals surface area contributed by atoms with Crippen molar-refractivity contribution in [2.75, 3.05) is 6.54 Å². The second-order valence-electron chi connectivity index (χ2n) is 7.10. The first-order valence-corrected chi connectivity index (χ1v) is 12.4. The van der Waals surface area contributed by atoms with Crippen LogP contribution >= 0.6 is 27.5 Å². The maximum atomic E-state index is 14.4. The fourth-order valence-corrected chi connectivity index (χ4v) is 4.87. The normalized spacial score (nSPS) is 11.8. The van der Waals surface area contributed by atoms with Crippen molar-refractivity contribution in [3.63, 3.8) is 0 Å². The molecular weight excluding hydrogens is 533 g/mol. The van der Waals surface area contributed by atoms with Crippen molar-refractivity contribution >= 4 is 49.7 Å². The summed E-state index contributed by atoms with van der Waals surface area (Å²) in [5.74, 6) is -1.36. The van der Waals surface area contributed by atoms with Gasteiger partial charge in [-0.1, -0.05) is 69.5 Å². The van der Waals surface area contributed by atoms with Crippen LogP contribution in [0.15, 0.2) is 81.2 Å². The molecule has 6 nitrogen and oxygen atoms in total. The smallest absolute Gasteiger partial charge is 0.255 e. The van der Waals surface area contributed by atoms with Gasteiger partial charge >= 0.3 is 0 Å². The molecule has 0 radical (unpaired) electrons. The van der Waals surface area contributed by atoms with Crippen molar-refractivity contribution in [3.8, 4) is 0 Å². The lowest BCUT2D eigenvalue weighted by atomic mass is 10.2. The number of hydrazone groups is 1. The van der Waals surface area contributed by atoms with Gasteiger partial charge in [0.05, 0.1) is 17.7 Å². The zero-order valence-electron chi connectivity index (χ0n) is 17.5. The standard InChI is InChI=1S/C23H20BrClFN3O3S/c1-16-9-11-18(12-10-16)33(31,32)29(14-19-21(25)7-4-8-22(19)26)15-23(30)28-27-13-17-5-2-3-6-20(17)24/h2-13H,14-15H2,1H3,(H,28,30)/b27-13-. The molecule has 33 heavy (non-hydrogen) atoms. The van der Waals surface area contributed by atoms with E-state index in [-0.39, 0.29) is 15.5 Å². The predicted molar refractivity (Wildman–Crippen MR) is 130 cm³/mol. The van der Waals surface area contributed by atoms with E-state index in [9.17, 15) is 17.6 Å².